The van der Waals surface area contributed by atoms with Gasteiger partial charge >= 0.3 is 0 Å². The molecule has 2 aliphatic heterocycles. The van der Waals surface area contributed by atoms with E-state index in [1.165, 1.54) is 0 Å². The summed E-state index contributed by atoms with van der Waals surface area (Å²) < 4.78 is 1.05. The average molecular weight is 311 g/mol. The number of hydrogen-bond acceptors (Lipinski definition) is 4. The van der Waals surface area contributed by atoms with Gasteiger partial charge in [0.25, 0.3) is 0 Å². The van der Waals surface area contributed by atoms with Gasteiger partial charge in [0.1, 0.15) is 0 Å². The van der Waals surface area contributed by atoms with Crippen LogP contribution in [-0.4, -0.2) is 33.9 Å². The molecule has 0 amide bonds. The van der Waals surface area contributed by atoms with Crippen molar-refractivity contribution in [1.29, 1.82) is 0 Å². The number of thioether (sulfide) groups is 1. The molecule has 0 spiro atoms. The lowest BCUT2D eigenvalue weighted by Gasteiger charge is -2.22. The molecule has 5 heteroatoms. The minimum atomic E-state index is -0.0209. The van der Waals surface area contributed by atoms with E-state index in [1.54, 1.807) is 11.8 Å². The van der Waals surface area contributed by atoms with Crippen LogP contribution in [0, 0.1) is 0 Å². The number of aliphatic hydroxyl groups excluding tert-OH is 1. The Hall–Kier alpha value is -0.780. The fourth-order valence-corrected chi connectivity index (χ4v) is 3.24. The molecule has 0 fully saturated rings. The Morgan fingerprint density at radius 3 is 2.82 bits per heavy atom. The highest BCUT2D eigenvalue weighted by molar-refractivity contribution is 9.10. The van der Waals surface area contributed by atoms with Crippen molar-refractivity contribution in [3.05, 3.63) is 45.9 Å². The monoisotopic (exact) mass is 310 g/mol. The highest BCUT2D eigenvalue weighted by Gasteiger charge is 2.36. The molecule has 1 aromatic rings. The summed E-state index contributed by atoms with van der Waals surface area (Å²) in [6, 6.07) is 8.04. The minimum absolute atomic E-state index is 0.0209. The number of nitrogens with zero attached hydrogens (tertiary/aromatic N) is 2. The van der Waals surface area contributed by atoms with E-state index >= 15 is 0 Å². The summed E-state index contributed by atoms with van der Waals surface area (Å²) in [6.45, 7) is 0.0935. The second-order valence-corrected chi connectivity index (χ2v) is 5.80. The Morgan fingerprint density at radius 2 is 2.12 bits per heavy atom. The van der Waals surface area contributed by atoms with Crippen molar-refractivity contribution in [3.63, 3.8) is 0 Å². The predicted molar refractivity (Wildman–Crippen MR) is 73.9 cm³/mol. The van der Waals surface area contributed by atoms with E-state index in [1.807, 2.05) is 35.9 Å². The van der Waals surface area contributed by atoms with Crippen LogP contribution in [0.2, 0.25) is 0 Å². The molecular weight excluding hydrogens is 300 g/mol. The van der Waals surface area contributed by atoms with Gasteiger partial charge < -0.3 is 10.0 Å². The second kappa shape index (κ2) is 4.48. The highest BCUT2D eigenvalue weighted by Crippen LogP contribution is 2.34. The van der Waals surface area contributed by atoms with Crippen molar-refractivity contribution >= 4 is 33.4 Å². The number of aliphatic hydroxyl groups is 1. The van der Waals surface area contributed by atoms with Crippen molar-refractivity contribution in [3.8, 4) is 0 Å². The smallest absolute Gasteiger partial charge is 0.173 e. The molecule has 2 heterocycles. The number of halogens is 1. The van der Waals surface area contributed by atoms with Gasteiger partial charge in [-0.3, -0.25) is 4.99 Å². The molecule has 0 saturated heterocycles. The first-order chi connectivity index (χ1) is 8.29. The van der Waals surface area contributed by atoms with Gasteiger partial charge in [-0.2, -0.15) is 0 Å². The summed E-state index contributed by atoms with van der Waals surface area (Å²) in [7, 11) is 0. The Labute approximate surface area is 112 Å². The van der Waals surface area contributed by atoms with Crippen molar-refractivity contribution in [2.75, 3.05) is 6.61 Å². The first-order valence-corrected chi connectivity index (χ1v) is 7.07. The zero-order valence-electron chi connectivity index (χ0n) is 8.95. The van der Waals surface area contributed by atoms with E-state index in [2.05, 4.69) is 25.8 Å². The molecule has 0 aromatic heterocycles. The third kappa shape index (κ3) is 1.92. The SMILES string of the molecule is OCC1C(c2ccc(Br)cc2)=NC2SC=CN21. The minimum Gasteiger partial charge on any atom is -0.394 e. The molecule has 88 valence electrons. The van der Waals surface area contributed by atoms with E-state index in [0.717, 1.165) is 15.7 Å². The zero-order chi connectivity index (χ0) is 11.8. The van der Waals surface area contributed by atoms with Crippen LogP contribution >= 0.6 is 27.7 Å². The summed E-state index contributed by atoms with van der Waals surface area (Å²) in [6.07, 6.45) is 2.01. The summed E-state index contributed by atoms with van der Waals surface area (Å²) in [5, 5.41) is 11.5. The average Bonchev–Trinajstić information content (AvgIpc) is 2.89. The first kappa shape index (κ1) is 11.3. The predicted octanol–water partition coefficient (Wildman–Crippen LogP) is 2.42. The van der Waals surface area contributed by atoms with Crippen LogP contribution in [0.5, 0.6) is 0 Å². The van der Waals surface area contributed by atoms with Crippen LogP contribution in [0.3, 0.4) is 0 Å². The van der Waals surface area contributed by atoms with Crippen molar-refractivity contribution in [2.45, 2.75) is 11.5 Å². The second-order valence-electron chi connectivity index (χ2n) is 3.91. The number of fused-ring (bicyclic) bond motifs is 1. The third-order valence-electron chi connectivity index (χ3n) is 2.93. The maximum Gasteiger partial charge on any atom is 0.173 e. The lowest BCUT2D eigenvalue weighted by molar-refractivity contribution is 0.214. The van der Waals surface area contributed by atoms with Crippen molar-refractivity contribution in [2.24, 2.45) is 4.99 Å². The standard InChI is InChI=1S/C12H11BrN2OS/c13-9-3-1-8(2-4-9)11-10(7-16)15-5-6-17-12(15)14-11/h1-6,10,12,16H,7H2. The molecule has 3 nitrogen and oxygen atoms in total. The molecule has 2 atom stereocenters. The third-order valence-corrected chi connectivity index (χ3v) is 4.33. The van der Waals surface area contributed by atoms with Crippen LogP contribution in [0.25, 0.3) is 0 Å². The zero-order valence-corrected chi connectivity index (χ0v) is 11.4. The molecule has 0 radical (unpaired) electrons. The Kier molecular flexibility index (Phi) is 2.98. The molecule has 1 N–H and O–H groups in total. The van der Waals surface area contributed by atoms with E-state index in [4.69, 9.17) is 0 Å². The fourth-order valence-electron chi connectivity index (χ4n) is 2.09. The summed E-state index contributed by atoms with van der Waals surface area (Å²) in [5.41, 5.74) is 2.16. The molecule has 2 aliphatic rings. The first-order valence-electron chi connectivity index (χ1n) is 5.33. The molecule has 17 heavy (non-hydrogen) atoms. The highest BCUT2D eigenvalue weighted by atomic mass is 79.9. The summed E-state index contributed by atoms with van der Waals surface area (Å²) >= 11 is 5.09. The topological polar surface area (TPSA) is 35.8 Å². The Morgan fingerprint density at radius 1 is 1.35 bits per heavy atom. The van der Waals surface area contributed by atoms with Gasteiger partial charge in [0.2, 0.25) is 0 Å². The number of aliphatic imine (C=N–C) groups is 1. The Bertz CT molecular complexity index is 486. The van der Waals surface area contributed by atoms with E-state index in [-0.39, 0.29) is 18.1 Å². The van der Waals surface area contributed by atoms with Gasteiger partial charge in [0.15, 0.2) is 5.50 Å². The van der Waals surface area contributed by atoms with E-state index in [9.17, 15) is 5.11 Å². The quantitative estimate of drug-likeness (QED) is 0.911. The maximum absolute atomic E-state index is 9.52. The molecule has 3 rings (SSSR count). The summed E-state index contributed by atoms with van der Waals surface area (Å²) in [5.74, 6) is 0. The van der Waals surface area contributed by atoms with Gasteiger partial charge in [-0.25, -0.2) is 0 Å². The van der Waals surface area contributed by atoms with Gasteiger partial charge in [-0.1, -0.05) is 39.8 Å². The van der Waals surface area contributed by atoms with E-state index < -0.39 is 0 Å². The molecule has 1 aromatic carbocycles. The number of hydrogen-bond donors (Lipinski definition) is 1. The van der Waals surface area contributed by atoms with Crippen LogP contribution in [0.4, 0.5) is 0 Å². The van der Waals surface area contributed by atoms with Crippen LogP contribution in [0.15, 0.2) is 45.3 Å². The number of rotatable bonds is 2. The lowest BCUT2D eigenvalue weighted by atomic mass is 10.0. The summed E-state index contributed by atoms with van der Waals surface area (Å²) in [4.78, 5) is 6.77. The Balaban J connectivity index is 1.95. The van der Waals surface area contributed by atoms with Gasteiger partial charge in [0, 0.05) is 10.7 Å². The molecule has 2 unspecified atom stereocenters. The van der Waals surface area contributed by atoms with Gasteiger partial charge in [-0.15, -0.1) is 0 Å². The van der Waals surface area contributed by atoms with Crippen molar-refractivity contribution < 1.29 is 5.11 Å². The van der Waals surface area contributed by atoms with E-state index in [0.29, 0.717) is 0 Å². The van der Waals surface area contributed by atoms with Crippen LogP contribution < -0.4 is 0 Å². The largest absolute Gasteiger partial charge is 0.394 e. The molecular formula is C12H11BrN2OS. The maximum atomic E-state index is 9.52. The molecule has 0 aliphatic carbocycles. The fraction of sp³-hybridized carbons (Fsp3) is 0.250. The van der Waals surface area contributed by atoms with Gasteiger partial charge in [-0.05, 0) is 23.1 Å². The normalized spacial score (nSPS) is 26.2. The number of benzene rings is 1. The molecule has 0 bridgehead atoms. The van der Waals surface area contributed by atoms with Crippen molar-refractivity contribution in [1.82, 2.24) is 4.90 Å². The van der Waals surface area contributed by atoms with Crippen LogP contribution in [0.1, 0.15) is 5.56 Å². The lowest BCUT2D eigenvalue weighted by Crippen LogP contribution is -2.36. The van der Waals surface area contributed by atoms with Crippen LogP contribution in [-0.2, 0) is 0 Å². The molecule has 0 saturated carbocycles. The van der Waals surface area contributed by atoms with Gasteiger partial charge in [0.05, 0.1) is 18.4 Å².